The normalized spacial score (nSPS) is 15.4. The monoisotopic (exact) mass is 477 g/mol. The number of hydrogen-bond acceptors (Lipinski definition) is 6. The molecule has 1 fully saturated rings. The Morgan fingerprint density at radius 3 is 2.11 bits per heavy atom. The van der Waals surface area contributed by atoms with Crippen molar-refractivity contribution in [2.24, 2.45) is 0 Å². The second-order valence-electron chi connectivity index (χ2n) is 8.77. The molecule has 0 spiro atoms. The number of nitrogens with zero attached hydrogens (tertiary/aromatic N) is 1. The molecule has 2 heterocycles. The molecule has 0 saturated carbocycles. The summed E-state index contributed by atoms with van der Waals surface area (Å²) in [7, 11) is 1.66. The van der Waals surface area contributed by atoms with E-state index in [0.29, 0.717) is 37.3 Å². The zero-order valence-corrected chi connectivity index (χ0v) is 20.7. The van der Waals surface area contributed by atoms with Crippen LogP contribution in [0, 0.1) is 0 Å². The lowest BCUT2D eigenvalue weighted by molar-refractivity contribution is -0.0121. The summed E-state index contributed by atoms with van der Waals surface area (Å²) >= 11 is 0. The molecule has 1 atom stereocenters. The van der Waals surface area contributed by atoms with Crippen LogP contribution >= 0.6 is 0 Å². The fraction of sp³-hybridized carbons (Fsp3) is 0.414. The SMILES string of the molecule is CCCc1ccc(COc2cc(OCc3ccc(OC)cc3)cc(OCC3CCCCO3)n2)cc1. The summed E-state index contributed by atoms with van der Waals surface area (Å²) in [5.74, 6) is 2.40. The second kappa shape index (κ2) is 13.0. The lowest BCUT2D eigenvalue weighted by Crippen LogP contribution is -2.26. The minimum absolute atomic E-state index is 0.0976. The van der Waals surface area contributed by atoms with Crippen LogP contribution in [0.1, 0.15) is 49.3 Å². The van der Waals surface area contributed by atoms with E-state index in [9.17, 15) is 0 Å². The van der Waals surface area contributed by atoms with Crippen molar-refractivity contribution in [3.05, 3.63) is 77.4 Å². The molecule has 0 N–H and O–H groups in total. The van der Waals surface area contributed by atoms with Crippen molar-refractivity contribution in [1.29, 1.82) is 0 Å². The summed E-state index contributed by atoms with van der Waals surface area (Å²) in [4.78, 5) is 4.56. The molecule has 0 amide bonds. The van der Waals surface area contributed by atoms with E-state index in [1.807, 2.05) is 24.3 Å². The molecule has 35 heavy (non-hydrogen) atoms. The van der Waals surface area contributed by atoms with Gasteiger partial charge in [0, 0.05) is 18.7 Å². The molecule has 0 radical (unpaired) electrons. The predicted octanol–water partition coefficient (Wildman–Crippen LogP) is 6.15. The molecule has 4 rings (SSSR count). The molecule has 1 aliphatic rings. The summed E-state index contributed by atoms with van der Waals surface area (Å²) in [6.07, 6.45) is 5.60. The lowest BCUT2D eigenvalue weighted by Gasteiger charge is -2.22. The van der Waals surface area contributed by atoms with E-state index in [4.69, 9.17) is 23.7 Å². The summed E-state index contributed by atoms with van der Waals surface area (Å²) < 4.78 is 29.1. The van der Waals surface area contributed by atoms with Crippen molar-refractivity contribution in [1.82, 2.24) is 4.98 Å². The quantitative estimate of drug-likeness (QED) is 0.312. The van der Waals surface area contributed by atoms with Crippen LogP contribution in [0.15, 0.2) is 60.7 Å². The molecule has 0 aliphatic carbocycles. The first kappa shape index (κ1) is 24.9. The summed E-state index contributed by atoms with van der Waals surface area (Å²) in [5, 5.41) is 0. The molecule has 1 aliphatic heterocycles. The van der Waals surface area contributed by atoms with E-state index in [1.165, 1.54) is 5.56 Å². The van der Waals surface area contributed by atoms with Crippen LogP contribution in [0.3, 0.4) is 0 Å². The minimum atomic E-state index is 0.0976. The van der Waals surface area contributed by atoms with Gasteiger partial charge in [0.15, 0.2) is 0 Å². The summed E-state index contributed by atoms with van der Waals surface area (Å²) in [5.41, 5.74) is 3.47. The number of rotatable bonds is 12. The maximum Gasteiger partial charge on any atom is 0.220 e. The van der Waals surface area contributed by atoms with E-state index < -0.39 is 0 Å². The van der Waals surface area contributed by atoms with Gasteiger partial charge in [-0.25, -0.2) is 0 Å². The topological polar surface area (TPSA) is 59.0 Å². The Balaban J connectivity index is 1.42. The van der Waals surface area contributed by atoms with E-state index in [1.54, 1.807) is 19.2 Å². The second-order valence-corrected chi connectivity index (χ2v) is 8.77. The van der Waals surface area contributed by atoms with Crippen LogP contribution in [0.4, 0.5) is 0 Å². The average molecular weight is 478 g/mol. The van der Waals surface area contributed by atoms with Gasteiger partial charge in [0.2, 0.25) is 11.8 Å². The van der Waals surface area contributed by atoms with E-state index in [-0.39, 0.29) is 6.10 Å². The van der Waals surface area contributed by atoms with Crippen LogP contribution in [-0.2, 0) is 24.4 Å². The third-order valence-corrected chi connectivity index (χ3v) is 5.96. The van der Waals surface area contributed by atoms with Crippen molar-refractivity contribution in [3.8, 4) is 23.3 Å². The maximum atomic E-state index is 6.06. The first-order valence-electron chi connectivity index (χ1n) is 12.4. The zero-order chi connectivity index (χ0) is 24.3. The van der Waals surface area contributed by atoms with Gasteiger partial charge >= 0.3 is 0 Å². The Labute approximate surface area is 208 Å². The molecule has 2 aromatic carbocycles. The zero-order valence-electron chi connectivity index (χ0n) is 20.7. The molecule has 3 aromatic rings. The van der Waals surface area contributed by atoms with Gasteiger partial charge in [-0.2, -0.15) is 4.98 Å². The number of ether oxygens (including phenoxy) is 5. The Bertz CT molecular complexity index is 1030. The third-order valence-electron chi connectivity index (χ3n) is 5.96. The fourth-order valence-electron chi connectivity index (χ4n) is 3.94. The number of pyridine rings is 1. The van der Waals surface area contributed by atoms with Crippen molar-refractivity contribution < 1.29 is 23.7 Å². The molecule has 1 unspecified atom stereocenters. The third kappa shape index (κ3) is 7.89. The Morgan fingerprint density at radius 1 is 0.800 bits per heavy atom. The van der Waals surface area contributed by atoms with Crippen molar-refractivity contribution >= 4 is 0 Å². The Kier molecular flexibility index (Phi) is 9.24. The molecule has 1 aromatic heterocycles. The van der Waals surface area contributed by atoms with Gasteiger partial charge < -0.3 is 23.7 Å². The highest BCUT2D eigenvalue weighted by Crippen LogP contribution is 2.26. The van der Waals surface area contributed by atoms with Gasteiger partial charge in [-0.05, 0) is 54.5 Å². The van der Waals surface area contributed by atoms with Gasteiger partial charge in [0.25, 0.3) is 0 Å². The summed E-state index contributed by atoms with van der Waals surface area (Å²) in [6.45, 7) is 4.28. The molecule has 1 saturated heterocycles. The van der Waals surface area contributed by atoms with Crippen molar-refractivity contribution in [2.45, 2.75) is 58.3 Å². The van der Waals surface area contributed by atoms with Gasteiger partial charge in [-0.15, -0.1) is 0 Å². The van der Waals surface area contributed by atoms with Crippen molar-refractivity contribution in [3.63, 3.8) is 0 Å². The largest absolute Gasteiger partial charge is 0.497 e. The highest BCUT2D eigenvalue weighted by molar-refractivity contribution is 5.34. The van der Waals surface area contributed by atoms with Crippen LogP contribution < -0.4 is 18.9 Å². The molecular weight excluding hydrogens is 442 g/mol. The van der Waals surface area contributed by atoms with Gasteiger partial charge in [0.05, 0.1) is 13.2 Å². The minimum Gasteiger partial charge on any atom is -0.497 e. The molecular formula is C29H35NO5. The number of methoxy groups -OCH3 is 1. The van der Waals surface area contributed by atoms with Gasteiger partial charge in [-0.3, -0.25) is 0 Å². The lowest BCUT2D eigenvalue weighted by atomic mass is 10.1. The van der Waals surface area contributed by atoms with Gasteiger partial charge in [0.1, 0.15) is 31.3 Å². The first-order chi connectivity index (χ1) is 17.2. The number of hydrogen-bond donors (Lipinski definition) is 0. The van der Waals surface area contributed by atoms with E-state index >= 15 is 0 Å². The highest BCUT2D eigenvalue weighted by Gasteiger charge is 2.16. The molecule has 0 bridgehead atoms. The number of aryl methyl sites for hydroxylation is 1. The smallest absolute Gasteiger partial charge is 0.220 e. The standard InChI is InChI=1S/C29H35NO5/c1-3-6-22-8-10-23(11-9-22)20-34-28-17-27(33-19-24-12-14-25(31-2)15-13-24)18-29(30-28)35-21-26-7-4-5-16-32-26/h8-15,17-18,26H,3-7,16,19-21H2,1-2H3. The van der Waals surface area contributed by atoms with Crippen LogP contribution in [-0.4, -0.2) is 31.4 Å². The summed E-state index contributed by atoms with van der Waals surface area (Å²) in [6, 6.07) is 19.9. The first-order valence-corrected chi connectivity index (χ1v) is 12.4. The average Bonchev–Trinajstić information content (AvgIpc) is 2.91. The fourth-order valence-corrected chi connectivity index (χ4v) is 3.94. The van der Waals surface area contributed by atoms with E-state index in [0.717, 1.165) is 55.6 Å². The molecule has 186 valence electrons. The van der Waals surface area contributed by atoms with Crippen LogP contribution in [0.25, 0.3) is 0 Å². The maximum absolute atomic E-state index is 6.06. The van der Waals surface area contributed by atoms with Gasteiger partial charge in [-0.1, -0.05) is 49.7 Å². The predicted molar refractivity (Wildman–Crippen MR) is 135 cm³/mol. The molecule has 6 nitrogen and oxygen atoms in total. The molecule has 6 heteroatoms. The number of benzene rings is 2. The number of aromatic nitrogens is 1. The van der Waals surface area contributed by atoms with Crippen LogP contribution in [0.5, 0.6) is 23.3 Å². The van der Waals surface area contributed by atoms with Crippen molar-refractivity contribution in [2.75, 3.05) is 20.3 Å². The Morgan fingerprint density at radius 2 is 1.46 bits per heavy atom. The van der Waals surface area contributed by atoms with Crippen LogP contribution in [0.2, 0.25) is 0 Å². The highest BCUT2D eigenvalue weighted by atomic mass is 16.5. The van der Waals surface area contributed by atoms with E-state index in [2.05, 4.69) is 36.2 Å². The Hall–Kier alpha value is -3.25.